The Labute approximate surface area is 217 Å². The highest BCUT2D eigenvalue weighted by Gasteiger charge is 2.25. The molecule has 9 nitrogen and oxygen atoms in total. The van der Waals surface area contributed by atoms with Gasteiger partial charge in [0.25, 0.3) is 10.0 Å². The van der Waals surface area contributed by atoms with Crippen LogP contribution >= 0.6 is 0 Å². The highest BCUT2D eigenvalue weighted by Crippen LogP contribution is 2.43. The smallest absolute Gasteiger partial charge is 0.338 e. The molecule has 0 saturated carbocycles. The van der Waals surface area contributed by atoms with Crippen LogP contribution in [0.2, 0.25) is 0 Å². The van der Waals surface area contributed by atoms with E-state index in [1.807, 2.05) is 20.8 Å². The van der Waals surface area contributed by atoms with Crippen molar-refractivity contribution in [1.29, 1.82) is 0 Å². The monoisotopic (exact) mass is 529 g/mol. The van der Waals surface area contributed by atoms with Crippen LogP contribution in [-0.2, 0) is 20.2 Å². The topological polar surface area (TPSA) is 120 Å². The van der Waals surface area contributed by atoms with Crippen LogP contribution in [0.15, 0.2) is 65.6 Å². The predicted octanol–water partition coefficient (Wildman–Crippen LogP) is 4.74. The van der Waals surface area contributed by atoms with E-state index < -0.39 is 16.0 Å². The highest BCUT2D eigenvalue weighted by molar-refractivity contribution is 7.92. The lowest BCUT2D eigenvalue weighted by molar-refractivity contribution is 0.0600. The first kappa shape index (κ1) is 27.8. The van der Waals surface area contributed by atoms with E-state index in [4.69, 9.17) is 18.9 Å². The van der Waals surface area contributed by atoms with Gasteiger partial charge in [0.15, 0.2) is 23.0 Å². The number of aliphatic hydroxyl groups is 1. The summed E-state index contributed by atoms with van der Waals surface area (Å²) in [5, 5.41) is 9.31. The molecule has 0 radical (unpaired) electrons. The van der Waals surface area contributed by atoms with Crippen molar-refractivity contribution in [3.63, 3.8) is 0 Å². The Hall–Kier alpha value is -3.76. The van der Waals surface area contributed by atoms with Crippen LogP contribution in [0.5, 0.6) is 23.0 Å². The van der Waals surface area contributed by atoms with Crippen LogP contribution in [-0.4, -0.2) is 46.9 Å². The average molecular weight is 530 g/mol. The number of carbonyl (C=O) groups is 1. The molecule has 0 aliphatic carbocycles. The molecule has 0 atom stereocenters. The minimum atomic E-state index is -4.11. The van der Waals surface area contributed by atoms with Crippen molar-refractivity contribution in [3.05, 3.63) is 71.8 Å². The molecule has 0 unspecified atom stereocenters. The average Bonchev–Trinajstić information content (AvgIpc) is 2.87. The van der Waals surface area contributed by atoms with Crippen molar-refractivity contribution < 1.29 is 37.3 Å². The van der Waals surface area contributed by atoms with Gasteiger partial charge in [-0.25, -0.2) is 13.2 Å². The summed E-state index contributed by atoms with van der Waals surface area (Å²) in [6.07, 6.45) is 0. The van der Waals surface area contributed by atoms with Gasteiger partial charge < -0.3 is 24.1 Å². The van der Waals surface area contributed by atoms with Gasteiger partial charge >= 0.3 is 5.97 Å². The van der Waals surface area contributed by atoms with Gasteiger partial charge in [-0.2, -0.15) is 0 Å². The summed E-state index contributed by atoms with van der Waals surface area (Å²) in [6.45, 7) is 5.64. The number of hydrogen-bond acceptors (Lipinski definition) is 8. The van der Waals surface area contributed by atoms with Gasteiger partial charge in [-0.1, -0.05) is 45.0 Å². The van der Waals surface area contributed by atoms with E-state index in [1.54, 1.807) is 36.4 Å². The Morgan fingerprint density at radius 2 is 1.59 bits per heavy atom. The fourth-order valence-electron chi connectivity index (χ4n) is 3.43. The number of carbonyl (C=O) groups excluding carboxylic acids is 1. The Bertz CT molecular complexity index is 1350. The zero-order valence-electron chi connectivity index (χ0n) is 21.4. The number of rotatable bonds is 10. The van der Waals surface area contributed by atoms with Crippen LogP contribution in [0.1, 0.15) is 36.7 Å². The number of sulfonamides is 1. The van der Waals surface area contributed by atoms with E-state index in [0.29, 0.717) is 5.75 Å². The largest absolute Gasteiger partial charge is 0.493 e. The van der Waals surface area contributed by atoms with Crippen molar-refractivity contribution in [3.8, 4) is 23.0 Å². The van der Waals surface area contributed by atoms with Crippen molar-refractivity contribution in [2.24, 2.45) is 0 Å². The molecule has 0 heterocycles. The lowest BCUT2D eigenvalue weighted by Gasteiger charge is -2.20. The van der Waals surface area contributed by atoms with Crippen LogP contribution < -0.4 is 18.9 Å². The molecule has 0 amide bonds. The molecule has 37 heavy (non-hydrogen) atoms. The Kier molecular flexibility index (Phi) is 8.67. The lowest BCUT2D eigenvalue weighted by Crippen LogP contribution is -2.16. The van der Waals surface area contributed by atoms with Gasteiger partial charge in [0.1, 0.15) is 6.61 Å². The SMILES string of the molecule is COC(=O)c1cc(NS(=O)(=O)c2ccc(C(C)(C)C)cc2)c(Oc2ccccc2OC)c(OCCO)c1. The molecule has 0 aliphatic heterocycles. The number of anilines is 1. The van der Waals surface area contributed by atoms with Crippen molar-refractivity contribution in [2.75, 3.05) is 32.2 Å². The van der Waals surface area contributed by atoms with Crippen molar-refractivity contribution >= 4 is 21.7 Å². The molecular formula is C27H31NO8S. The summed E-state index contributed by atoms with van der Waals surface area (Å²) in [5.41, 5.74) is 0.767. The van der Waals surface area contributed by atoms with Crippen molar-refractivity contribution in [1.82, 2.24) is 0 Å². The fourth-order valence-corrected chi connectivity index (χ4v) is 4.49. The zero-order chi connectivity index (χ0) is 27.2. The molecule has 0 aromatic heterocycles. The van der Waals surface area contributed by atoms with Crippen LogP contribution in [0.3, 0.4) is 0 Å². The minimum absolute atomic E-state index is 0.0172. The number of esters is 1. The van der Waals surface area contributed by atoms with Gasteiger partial charge in [0.05, 0.1) is 37.0 Å². The normalized spacial score (nSPS) is 11.5. The quantitative estimate of drug-likeness (QED) is 0.361. The predicted molar refractivity (Wildman–Crippen MR) is 139 cm³/mol. The summed E-state index contributed by atoms with van der Waals surface area (Å²) in [6, 6.07) is 15.9. The van der Waals surface area contributed by atoms with Crippen LogP contribution in [0.25, 0.3) is 0 Å². The van der Waals surface area contributed by atoms with E-state index in [-0.39, 0.29) is 52.0 Å². The zero-order valence-corrected chi connectivity index (χ0v) is 22.2. The molecule has 0 aliphatic rings. The van der Waals surface area contributed by atoms with E-state index in [1.165, 1.54) is 38.5 Å². The number of aliphatic hydroxyl groups excluding tert-OH is 1. The van der Waals surface area contributed by atoms with Gasteiger partial charge in [-0.3, -0.25) is 4.72 Å². The van der Waals surface area contributed by atoms with Crippen molar-refractivity contribution in [2.45, 2.75) is 31.1 Å². The molecule has 198 valence electrons. The van der Waals surface area contributed by atoms with Gasteiger partial charge in [-0.05, 0) is 47.4 Å². The summed E-state index contributed by atoms with van der Waals surface area (Å²) in [4.78, 5) is 12.4. The molecule has 0 bridgehead atoms. The summed E-state index contributed by atoms with van der Waals surface area (Å²) >= 11 is 0. The van der Waals surface area contributed by atoms with Crippen LogP contribution in [0, 0.1) is 0 Å². The van der Waals surface area contributed by atoms with Gasteiger partial charge in [0.2, 0.25) is 0 Å². The molecule has 3 aromatic rings. The van der Waals surface area contributed by atoms with E-state index in [0.717, 1.165) is 5.56 Å². The Balaban J connectivity index is 2.14. The third kappa shape index (κ3) is 6.72. The number of methoxy groups -OCH3 is 2. The minimum Gasteiger partial charge on any atom is -0.493 e. The van der Waals surface area contributed by atoms with Gasteiger partial charge in [0, 0.05) is 0 Å². The first-order chi connectivity index (χ1) is 17.5. The Morgan fingerprint density at radius 3 is 2.16 bits per heavy atom. The molecule has 0 spiro atoms. The van der Waals surface area contributed by atoms with E-state index in [9.17, 15) is 18.3 Å². The first-order valence-electron chi connectivity index (χ1n) is 11.4. The standard InChI is InChI=1S/C27H31NO8S/c1-27(2,3)19-10-12-20(13-11-19)37(31,32)28-21-16-18(26(30)34-5)17-24(35-15-14-29)25(21)36-23-9-7-6-8-22(23)33-4/h6-13,16-17,28-29H,14-15H2,1-5H3. The third-order valence-corrected chi connectivity index (χ3v) is 6.76. The fraction of sp³-hybridized carbons (Fsp3) is 0.296. The second kappa shape index (κ2) is 11.5. The molecule has 10 heteroatoms. The summed E-state index contributed by atoms with van der Waals surface area (Å²) < 4.78 is 51.1. The summed E-state index contributed by atoms with van der Waals surface area (Å²) in [7, 11) is -1.44. The second-order valence-electron chi connectivity index (χ2n) is 9.05. The number of para-hydroxylation sites is 2. The number of benzene rings is 3. The number of ether oxygens (including phenoxy) is 4. The third-order valence-electron chi connectivity index (χ3n) is 5.38. The molecule has 2 N–H and O–H groups in total. The van der Waals surface area contributed by atoms with E-state index in [2.05, 4.69) is 4.72 Å². The molecular weight excluding hydrogens is 498 g/mol. The Morgan fingerprint density at radius 1 is 0.946 bits per heavy atom. The molecule has 0 fully saturated rings. The molecule has 0 saturated heterocycles. The summed E-state index contributed by atoms with van der Waals surface area (Å²) in [5.74, 6) is -0.0596. The molecule has 3 aromatic carbocycles. The lowest BCUT2D eigenvalue weighted by atomic mass is 9.87. The highest BCUT2D eigenvalue weighted by atomic mass is 32.2. The maximum Gasteiger partial charge on any atom is 0.338 e. The maximum atomic E-state index is 13.4. The number of nitrogens with one attached hydrogen (secondary N) is 1. The number of hydrogen-bond donors (Lipinski definition) is 2. The maximum absolute atomic E-state index is 13.4. The second-order valence-corrected chi connectivity index (χ2v) is 10.7. The van der Waals surface area contributed by atoms with Gasteiger partial charge in [-0.15, -0.1) is 0 Å². The van der Waals surface area contributed by atoms with Crippen LogP contribution in [0.4, 0.5) is 5.69 Å². The molecule has 3 rings (SSSR count). The van der Waals surface area contributed by atoms with E-state index >= 15 is 0 Å². The first-order valence-corrected chi connectivity index (χ1v) is 12.9.